The van der Waals surface area contributed by atoms with Crippen LogP contribution in [0, 0.1) is 0 Å². The van der Waals surface area contributed by atoms with Crippen molar-refractivity contribution in [2.24, 2.45) is 0 Å². The van der Waals surface area contributed by atoms with Crippen molar-refractivity contribution in [3.05, 3.63) is 218 Å². The second-order valence-corrected chi connectivity index (χ2v) is 18.9. The lowest BCUT2D eigenvalue weighted by Gasteiger charge is -2.18. The summed E-state index contributed by atoms with van der Waals surface area (Å²) in [6.07, 6.45) is 0. The Morgan fingerprint density at radius 1 is 0.239 bits per heavy atom. The van der Waals surface area contributed by atoms with E-state index in [-0.39, 0.29) is 0 Å². The van der Waals surface area contributed by atoms with Gasteiger partial charge in [0, 0.05) is 41.7 Å². The Balaban J connectivity index is 0.928. The quantitative estimate of drug-likeness (QED) is 0.165. The van der Waals surface area contributed by atoms with Crippen LogP contribution in [-0.2, 0) is 0 Å². The average Bonchev–Trinajstić information content (AvgIpc) is 4.07. The summed E-state index contributed by atoms with van der Waals surface area (Å²) in [7, 11) is 0. The Hall–Kier alpha value is -8.50. The topological polar surface area (TPSA) is 26.3 Å². The number of fused-ring (bicyclic) bond motifs is 13. The van der Waals surface area contributed by atoms with E-state index >= 15 is 0 Å². The van der Waals surface area contributed by atoms with Crippen molar-refractivity contribution in [2.75, 3.05) is 0 Å². The molecule has 12 aromatic carbocycles. The summed E-state index contributed by atoms with van der Waals surface area (Å²) in [5.74, 6) is 0. The first-order chi connectivity index (χ1) is 33.2. The van der Waals surface area contributed by atoms with E-state index in [1.807, 2.05) is 23.5 Å². The van der Waals surface area contributed by atoms with Gasteiger partial charge in [0.2, 0.25) is 0 Å². The third-order valence-electron chi connectivity index (χ3n) is 14.3. The van der Waals surface area contributed by atoms with E-state index < -0.39 is 0 Å². The maximum absolute atomic E-state index is 6.43. The molecule has 3 heterocycles. The first-order valence-corrected chi connectivity index (χ1v) is 23.7. The summed E-state index contributed by atoms with van der Waals surface area (Å²) in [5, 5.41) is 17.0. The normalized spacial score (nSPS) is 12.2. The van der Waals surface area contributed by atoms with E-state index in [0.717, 1.165) is 55.0 Å². The summed E-state index contributed by atoms with van der Waals surface area (Å²) in [6, 6.07) is 79.8. The molecule has 0 aliphatic heterocycles. The number of furan rings is 2. The minimum Gasteiger partial charge on any atom is -0.456 e. The number of rotatable bonds is 4. The van der Waals surface area contributed by atoms with Crippen molar-refractivity contribution in [1.29, 1.82) is 0 Å². The molecule has 0 amide bonds. The Bertz CT molecular complexity index is 4470. The maximum Gasteiger partial charge on any atom is 0.136 e. The van der Waals surface area contributed by atoms with Crippen LogP contribution in [0.15, 0.2) is 227 Å². The third-order valence-corrected chi connectivity index (χ3v) is 15.4. The van der Waals surface area contributed by atoms with Gasteiger partial charge in [-0.05, 0) is 136 Å². The summed E-state index contributed by atoms with van der Waals surface area (Å²) in [5.41, 5.74) is 13.4. The molecule has 0 radical (unpaired) electrons. The van der Waals surface area contributed by atoms with Gasteiger partial charge in [-0.3, -0.25) is 0 Å². The number of benzene rings is 12. The molecule has 0 fully saturated rings. The van der Waals surface area contributed by atoms with Crippen molar-refractivity contribution >= 4 is 118 Å². The Morgan fingerprint density at radius 3 is 1.04 bits per heavy atom. The van der Waals surface area contributed by atoms with Gasteiger partial charge in [0.05, 0.1) is 0 Å². The van der Waals surface area contributed by atoms with E-state index in [2.05, 4.69) is 206 Å². The molecule has 310 valence electrons. The molecular weight excluding hydrogens is 833 g/mol. The fourth-order valence-corrected chi connectivity index (χ4v) is 12.6. The highest BCUT2D eigenvalue weighted by molar-refractivity contribution is 7.26. The minimum absolute atomic E-state index is 0.905. The Labute approximate surface area is 388 Å². The molecule has 0 bridgehead atoms. The predicted molar refractivity (Wildman–Crippen MR) is 286 cm³/mol. The molecule has 0 N–H and O–H groups in total. The van der Waals surface area contributed by atoms with Gasteiger partial charge < -0.3 is 8.83 Å². The molecule has 0 saturated heterocycles. The maximum atomic E-state index is 6.43. The van der Waals surface area contributed by atoms with E-state index in [1.165, 1.54) is 96.6 Å². The van der Waals surface area contributed by atoms with E-state index in [0.29, 0.717) is 0 Å². The monoisotopic (exact) mass is 868 g/mol. The van der Waals surface area contributed by atoms with Crippen molar-refractivity contribution in [3.63, 3.8) is 0 Å². The molecule has 0 spiro atoms. The molecule has 67 heavy (non-hydrogen) atoms. The molecular formula is C64H36O2S. The second kappa shape index (κ2) is 14.0. The van der Waals surface area contributed by atoms with Crippen LogP contribution >= 0.6 is 11.3 Å². The van der Waals surface area contributed by atoms with E-state index in [4.69, 9.17) is 8.83 Å². The van der Waals surface area contributed by atoms with Crippen LogP contribution in [0.2, 0.25) is 0 Å². The molecule has 0 atom stereocenters. The third kappa shape index (κ3) is 5.32. The lowest BCUT2D eigenvalue weighted by molar-refractivity contribution is 0.668. The van der Waals surface area contributed by atoms with Gasteiger partial charge in [0.15, 0.2) is 0 Å². The van der Waals surface area contributed by atoms with Gasteiger partial charge in [-0.2, -0.15) is 0 Å². The van der Waals surface area contributed by atoms with Gasteiger partial charge in [0.1, 0.15) is 22.3 Å². The van der Waals surface area contributed by atoms with Crippen LogP contribution in [0.25, 0.3) is 152 Å². The average molecular weight is 869 g/mol. The second-order valence-electron chi connectivity index (χ2n) is 17.8. The fourth-order valence-electron chi connectivity index (χ4n) is 11.4. The highest BCUT2D eigenvalue weighted by atomic mass is 32.1. The summed E-state index contributed by atoms with van der Waals surface area (Å²) < 4.78 is 15.4. The van der Waals surface area contributed by atoms with E-state index in [1.54, 1.807) is 0 Å². The van der Waals surface area contributed by atoms with Gasteiger partial charge >= 0.3 is 0 Å². The molecule has 0 aliphatic carbocycles. The predicted octanol–water partition coefficient (Wildman–Crippen LogP) is 19.1. The van der Waals surface area contributed by atoms with Crippen LogP contribution in [-0.4, -0.2) is 0 Å². The zero-order valence-corrected chi connectivity index (χ0v) is 36.8. The first-order valence-electron chi connectivity index (χ1n) is 22.9. The van der Waals surface area contributed by atoms with Crippen LogP contribution in [0.1, 0.15) is 0 Å². The molecule has 2 nitrogen and oxygen atoms in total. The Morgan fingerprint density at radius 2 is 0.597 bits per heavy atom. The molecule has 3 heteroatoms. The SMILES string of the molecule is c1ccc2c(c1)oc1cc(-c3c4ccccc4c(-c4ccc5c(c4)sc4cccc(-c6c7ccccc7c(-c7ccc8c(c7)oc7ccccc78)c7ccccc67)c45)c4ccccc34)ccc12. The first kappa shape index (κ1) is 36.8. The van der Waals surface area contributed by atoms with Gasteiger partial charge in [-0.25, -0.2) is 0 Å². The number of thiophene rings is 1. The number of para-hydroxylation sites is 2. The van der Waals surface area contributed by atoms with Crippen LogP contribution in [0.4, 0.5) is 0 Å². The van der Waals surface area contributed by atoms with Crippen LogP contribution in [0.3, 0.4) is 0 Å². The summed E-state index contributed by atoms with van der Waals surface area (Å²) >= 11 is 1.89. The molecule has 15 aromatic rings. The zero-order chi connectivity index (χ0) is 43.7. The number of hydrogen-bond donors (Lipinski definition) is 0. The van der Waals surface area contributed by atoms with E-state index in [9.17, 15) is 0 Å². The summed E-state index contributed by atoms with van der Waals surface area (Å²) in [4.78, 5) is 0. The molecule has 0 saturated carbocycles. The standard InChI is InChI=1S/C64H36O2S/c1-3-18-46-44(16-1)60(37-28-31-42-40-14-9-11-25-54(40)65-56(42)34-37)45-17-2-4-19-47(45)62(46)39-30-33-52-59(36-39)67-58-27-13-24-53(64(52)58)63-50-22-7-5-20-48(50)61(49-21-6-8-23-51(49)63)38-29-32-43-41-15-10-12-26-55(41)66-57(43)35-38/h1-36H. The molecule has 15 rings (SSSR count). The highest BCUT2D eigenvalue weighted by Crippen LogP contribution is 2.50. The Kier molecular flexibility index (Phi) is 7.69. The van der Waals surface area contributed by atoms with Crippen molar-refractivity contribution in [2.45, 2.75) is 0 Å². The van der Waals surface area contributed by atoms with Crippen LogP contribution < -0.4 is 0 Å². The highest BCUT2D eigenvalue weighted by Gasteiger charge is 2.22. The number of hydrogen-bond acceptors (Lipinski definition) is 3. The minimum atomic E-state index is 0.905. The lowest BCUT2D eigenvalue weighted by atomic mass is 9.84. The zero-order valence-electron chi connectivity index (χ0n) is 36.0. The summed E-state index contributed by atoms with van der Waals surface area (Å²) in [6.45, 7) is 0. The smallest absolute Gasteiger partial charge is 0.136 e. The van der Waals surface area contributed by atoms with Crippen LogP contribution in [0.5, 0.6) is 0 Å². The lowest BCUT2D eigenvalue weighted by Crippen LogP contribution is -1.91. The fraction of sp³-hybridized carbons (Fsp3) is 0. The molecule has 3 aromatic heterocycles. The van der Waals surface area contributed by atoms with Crippen molar-refractivity contribution < 1.29 is 8.83 Å². The van der Waals surface area contributed by atoms with Crippen molar-refractivity contribution in [3.8, 4) is 44.5 Å². The largest absolute Gasteiger partial charge is 0.456 e. The van der Waals surface area contributed by atoms with Crippen molar-refractivity contribution in [1.82, 2.24) is 0 Å². The van der Waals surface area contributed by atoms with Gasteiger partial charge in [-0.1, -0.05) is 170 Å². The molecule has 0 aliphatic rings. The van der Waals surface area contributed by atoms with Gasteiger partial charge in [0.25, 0.3) is 0 Å². The molecule has 0 unspecified atom stereocenters. The van der Waals surface area contributed by atoms with Gasteiger partial charge in [-0.15, -0.1) is 11.3 Å².